The summed E-state index contributed by atoms with van der Waals surface area (Å²) in [6.07, 6.45) is 22.0. The van der Waals surface area contributed by atoms with Crippen LogP contribution in [0.2, 0.25) is 0 Å². The maximum Gasteiger partial charge on any atom is 0.171 e. The highest BCUT2D eigenvalue weighted by molar-refractivity contribution is 5.82. The zero-order valence-corrected chi connectivity index (χ0v) is 37.8. The van der Waals surface area contributed by atoms with Crippen molar-refractivity contribution in [1.82, 2.24) is 40.4 Å². The van der Waals surface area contributed by atoms with Gasteiger partial charge < -0.3 is 10.2 Å². The maximum absolute atomic E-state index is 13.2. The van der Waals surface area contributed by atoms with Crippen molar-refractivity contribution >= 4 is 11.6 Å². The number of nitrogens with zero attached hydrogens (tertiary/aromatic N) is 8. The molecule has 0 bridgehead atoms. The number of aromatic nitrogens is 8. The average Bonchev–Trinajstić information content (AvgIpc) is 3.97. The summed E-state index contributed by atoms with van der Waals surface area (Å²) < 4.78 is 0. The fraction of sp³-hybridized carbons (Fsp3) is 0.833. The van der Waals surface area contributed by atoms with Gasteiger partial charge in [-0.25, -0.2) is 0 Å². The SMILES string of the molecule is Cc1nnn(CC(=O)[C@H]2CC[C@H]3[C@@H]4CC[C@@H]5C[C@](C)(O)CC[C@]5(C)C4=CC[C@]23C)n1.Cc1nnn(CC(=O)[C@H]2CC[C@H]3[C@@H]4CC[C@H]5C[C@](C)(O)CC[C@]5(C)C4=CC[C@]23C)n1. The van der Waals surface area contributed by atoms with E-state index in [0.29, 0.717) is 47.2 Å². The number of carbonyl (C=O) groups is 2. The molecule has 0 spiro atoms. The maximum atomic E-state index is 13.2. The second kappa shape index (κ2) is 14.7. The number of aryl methyl sites for hydroxylation is 2. The quantitative estimate of drug-likeness (QED) is 0.276. The predicted octanol–water partition coefficient (Wildman–Crippen LogP) is 7.76. The summed E-state index contributed by atoms with van der Waals surface area (Å²) in [6.45, 7) is 17.8. The zero-order valence-electron chi connectivity index (χ0n) is 37.8. The molecule has 6 saturated carbocycles. The Bertz CT molecular complexity index is 1920. The summed E-state index contributed by atoms with van der Waals surface area (Å²) in [5, 5.41) is 45.6. The Kier molecular flexibility index (Phi) is 10.4. The van der Waals surface area contributed by atoms with E-state index in [4.69, 9.17) is 0 Å². The molecule has 328 valence electrons. The van der Waals surface area contributed by atoms with Crippen LogP contribution in [0.25, 0.3) is 0 Å². The van der Waals surface area contributed by atoms with Gasteiger partial charge in [0.2, 0.25) is 0 Å². The first-order chi connectivity index (χ1) is 28.2. The Morgan fingerprint density at radius 2 is 1.00 bits per heavy atom. The molecule has 0 aromatic carbocycles. The first-order valence-corrected chi connectivity index (χ1v) is 23.6. The molecule has 2 aromatic heterocycles. The lowest BCUT2D eigenvalue weighted by Crippen LogP contribution is -2.51. The molecule has 2 aromatic rings. The Morgan fingerprint density at radius 1 is 0.600 bits per heavy atom. The fourth-order valence-electron chi connectivity index (χ4n) is 15.7. The Balaban J connectivity index is 0.000000154. The zero-order chi connectivity index (χ0) is 42.6. The number of tetrazole rings is 2. The first-order valence-electron chi connectivity index (χ1n) is 23.6. The van der Waals surface area contributed by atoms with Gasteiger partial charge in [-0.05, 0) is 198 Å². The molecule has 0 radical (unpaired) electrons. The highest BCUT2D eigenvalue weighted by Gasteiger charge is 2.61. The minimum absolute atomic E-state index is 0.0459. The standard InChI is InChI=1S/2C24H36N4O2/c2*1-15-25-27-28(26-15)14-21(29)20-8-7-18-17-6-5-16-13-22(2,30)11-12-23(16,3)19(17)9-10-24(18,20)4/h2*9,16-18,20,30H,5-8,10-14H2,1-4H3/t16-,17+,18+,20-,22-,23+,24+;16-,17-,18-,20+,22+,23-,24-/m10/s1. The van der Waals surface area contributed by atoms with Crippen LogP contribution in [0.1, 0.15) is 156 Å². The van der Waals surface area contributed by atoms with Gasteiger partial charge in [0, 0.05) is 11.8 Å². The molecule has 60 heavy (non-hydrogen) atoms. The van der Waals surface area contributed by atoms with Crippen molar-refractivity contribution in [2.45, 2.75) is 182 Å². The molecule has 12 heteroatoms. The van der Waals surface area contributed by atoms with Gasteiger partial charge in [-0.3, -0.25) is 9.59 Å². The largest absolute Gasteiger partial charge is 0.390 e. The Hall–Kier alpha value is -3.12. The number of Topliss-reactive ketones (excluding diaryl/α,β-unsaturated/α-hetero) is 2. The van der Waals surface area contributed by atoms with Gasteiger partial charge in [0.05, 0.1) is 11.2 Å². The summed E-state index contributed by atoms with van der Waals surface area (Å²) in [6, 6.07) is 0. The van der Waals surface area contributed by atoms with Crippen LogP contribution in [0.4, 0.5) is 0 Å². The first kappa shape index (κ1) is 42.2. The van der Waals surface area contributed by atoms with Crippen LogP contribution in [-0.4, -0.2) is 73.4 Å². The number of fused-ring (bicyclic) bond motifs is 10. The summed E-state index contributed by atoms with van der Waals surface area (Å²) in [4.78, 5) is 29.4. The average molecular weight is 825 g/mol. The van der Waals surface area contributed by atoms with Crippen molar-refractivity contribution in [1.29, 1.82) is 0 Å². The molecule has 0 aliphatic heterocycles. The van der Waals surface area contributed by atoms with E-state index in [-0.39, 0.29) is 58.2 Å². The summed E-state index contributed by atoms with van der Waals surface area (Å²) in [5.41, 5.74) is 2.89. The minimum atomic E-state index is -0.501. The number of carbonyl (C=O) groups excluding carboxylic acids is 2. The smallest absolute Gasteiger partial charge is 0.171 e. The van der Waals surface area contributed by atoms with E-state index < -0.39 is 11.2 Å². The van der Waals surface area contributed by atoms with Crippen LogP contribution in [0.15, 0.2) is 23.3 Å². The molecule has 0 unspecified atom stereocenters. The van der Waals surface area contributed by atoms with Gasteiger partial charge in [-0.2, -0.15) is 9.59 Å². The predicted molar refractivity (Wildman–Crippen MR) is 227 cm³/mol. The highest BCUT2D eigenvalue weighted by Crippen LogP contribution is 2.68. The van der Waals surface area contributed by atoms with Gasteiger partial charge in [0.25, 0.3) is 0 Å². The van der Waals surface area contributed by atoms with Crippen molar-refractivity contribution < 1.29 is 19.8 Å². The Labute approximate surface area is 357 Å². The van der Waals surface area contributed by atoms with Gasteiger partial charge in [0.15, 0.2) is 23.2 Å². The van der Waals surface area contributed by atoms with E-state index in [2.05, 4.69) is 70.7 Å². The van der Waals surface area contributed by atoms with E-state index in [1.807, 2.05) is 13.8 Å². The van der Waals surface area contributed by atoms with Gasteiger partial charge in [-0.15, -0.1) is 20.4 Å². The van der Waals surface area contributed by atoms with E-state index >= 15 is 0 Å². The van der Waals surface area contributed by atoms with Crippen molar-refractivity contribution in [3.05, 3.63) is 34.9 Å². The third-order valence-corrected chi connectivity index (χ3v) is 19.1. The number of allylic oxidation sites excluding steroid dienone is 4. The normalized spacial score (nSPS) is 45.3. The third-order valence-electron chi connectivity index (χ3n) is 19.1. The molecule has 12 nitrogen and oxygen atoms in total. The van der Waals surface area contributed by atoms with Crippen LogP contribution >= 0.6 is 0 Å². The second-order valence-electron chi connectivity index (χ2n) is 22.9. The summed E-state index contributed by atoms with van der Waals surface area (Å²) in [5.74, 6) is 5.52. The van der Waals surface area contributed by atoms with E-state index in [1.54, 1.807) is 25.0 Å². The van der Waals surface area contributed by atoms with Gasteiger partial charge >= 0.3 is 0 Å². The molecule has 6 fully saturated rings. The molecule has 0 saturated heterocycles. The monoisotopic (exact) mass is 825 g/mol. The molecular formula is C48H72N8O4. The number of hydrogen-bond donors (Lipinski definition) is 2. The summed E-state index contributed by atoms with van der Waals surface area (Å²) >= 11 is 0. The molecule has 0 amide bonds. The lowest BCUT2D eigenvalue weighted by atomic mass is 9.47. The number of rotatable bonds is 6. The molecule has 2 heterocycles. The number of aliphatic hydroxyl groups is 2. The topological polar surface area (TPSA) is 162 Å². The highest BCUT2D eigenvalue weighted by atomic mass is 16.3. The van der Waals surface area contributed by atoms with E-state index in [1.165, 1.54) is 35.3 Å². The minimum Gasteiger partial charge on any atom is -0.390 e. The molecule has 14 atom stereocenters. The van der Waals surface area contributed by atoms with E-state index in [0.717, 1.165) is 77.0 Å². The Morgan fingerprint density at radius 3 is 1.37 bits per heavy atom. The molecule has 2 N–H and O–H groups in total. The van der Waals surface area contributed by atoms with Crippen molar-refractivity contribution in [3.63, 3.8) is 0 Å². The second-order valence-corrected chi connectivity index (χ2v) is 22.9. The van der Waals surface area contributed by atoms with Crippen LogP contribution in [-0.2, 0) is 22.7 Å². The third kappa shape index (κ3) is 7.00. The van der Waals surface area contributed by atoms with Gasteiger partial charge in [-0.1, -0.05) is 51.0 Å². The van der Waals surface area contributed by atoms with Crippen LogP contribution in [0.3, 0.4) is 0 Å². The van der Waals surface area contributed by atoms with Crippen LogP contribution in [0.5, 0.6) is 0 Å². The number of ketones is 2. The molecular weight excluding hydrogens is 753 g/mol. The van der Waals surface area contributed by atoms with Crippen LogP contribution < -0.4 is 0 Å². The lowest BCUT2D eigenvalue weighted by Gasteiger charge is -2.58. The van der Waals surface area contributed by atoms with Crippen molar-refractivity contribution in [3.8, 4) is 0 Å². The van der Waals surface area contributed by atoms with Crippen molar-refractivity contribution in [2.75, 3.05) is 0 Å². The number of hydrogen-bond acceptors (Lipinski definition) is 10. The lowest BCUT2D eigenvalue weighted by molar-refractivity contribution is -0.129. The van der Waals surface area contributed by atoms with E-state index in [9.17, 15) is 19.8 Å². The molecule has 10 rings (SSSR count). The van der Waals surface area contributed by atoms with Gasteiger partial charge in [0.1, 0.15) is 13.1 Å². The summed E-state index contributed by atoms with van der Waals surface area (Å²) in [7, 11) is 0. The van der Waals surface area contributed by atoms with Crippen LogP contribution in [0, 0.1) is 82.9 Å². The fourth-order valence-corrected chi connectivity index (χ4v) is 15.7. The van der Waals surface area contributed by atoms with Crippen molar-refractivity contribution in [2.24, 2.45) is 69.0 Å². The molecule has 8 aliphatic rings. The molecule has 8 aliphatic carbocycles.